The number of para-hydroxylation sites is 1. The zero-order valence-electron chi connectivity index (χ0n) is 13.6. The third-order valence-electron chi connectivity index (χ3n) is 4.46. The van der Waals surface area contributed by atoms with Gasteiger partial charge in [-0.1, -0.05) is 18.2 Å². The molecule has 1 aliphatic heterocycles. The molecule has 0 aliphatic carbocycles. The summed E-state index contributed by atoms with van der Waals surface area (Å²) < 4.78 is 30.1. The Hall–Kier alpha value is -2.49. The van der Waals surface area contributed by atoms with Gasteiger partial charge >= 0.3 is 0 Å². The molecular formula is C17H15N3O4S2. The lowest BCUT2D eigenvalue weighted by atomic mass is 10.1. The minimum atomic E-state index is -4.05. The van der Waals surface area contributed by atoms with Crippen LogP contribution < -0.4 is 0 Å². The highest BCUT2D eigenvalue weighted by Crippen LogP contribution is 2.39. The Morgan fingerprint density at radius 3 is 2.62 bits per heavy atom. The van der Waals surface area contributed by atoms with Crippen molar-refractivity contribution in [1.29, 1.82) is 0 Å². The first kappa shape index (κ1) is 17.0. The van der Waals surface area contributed by atoms with Crippen molar-refractivity contribution in [3.63, 3.8) is 0 Å². The molecule has 9 heteroatoms. The van der Waals surface area contributed by atoms with Crippen molar-refractivity contribution in [3.05, 3.63) is 80.8 Å². The number of nitrogens with zero attached hydrogens (tertiary/aromatic N) is 3. The number of hydrogen-bond acceptors (Lipinski definition) is 5. The van der Waals surface area contributed by atoms with Crippen LogP contribution in [0.15, 0.2) is 65.0 Å². The lowest BCUT2D eigenvalue weighted by Crippen LogP contribution is -2.42. The van der Waals surface area contributed by atoms with E-state index >= 15 is 0 Å². The van der Waals surface area contributed by atoms with Gasteiger partial charge in [-0.3, -0.25) is 10.1 Å². The second-order valence-electron chi connectivity index (χ2n) is 5.88. The topological polar surface area (TPSA) is 85.4 Å². The van der Waals surface area contributed by atoms with Gasteiger partial charge in [0.1, 0.15) is 0 Å². The van der Waals surface area contributed by atoms with E-state index in [0.717, 1.165) is 10.6 Å². The third-order valence-corrected chi connectivity index (χ3v) is 7.29. The van der Waals surface area contributed by atoms with Crippen LogP contribution in [0.5, 0.6) is 0 Å². The molecule has 0 N–H and O–H groups in total. The Morgan fingerprint density at radius 2 is 1.88 bits per heavy atom. The van der Waals surface area contributed by atoms with Gasteiger partial charge in [0.15, 0.2) is 4.90 Å². The van der Waals surface area contributed by atoms with Gasteiger partial charge in [0, 0.05) is 35.9 Å². The molecule has 1 unspecified atom stereocenters. The van der Waals surface area contributed by atoms with E-state index in [4.69, 9.17) is 0 Å². The standard InChI is InChI=1S/C17H15N3O4S2/c21-20(22)13-5-1-2-8-16(13)26(23,24)19-11-10-18-9-3-6-14(18)17(19)15-7-4-12-25-15/h1-9,12,17H,10-11H2. The minimum absolute atomic E-state index is 0.249. The monoisotopic (exact) mass is 389 g/mol. The van der Waals surface area contributed by atoms with Crippen LogP contribution in [0.25, 0.3) is 0 Å². The smallest absolute Gasteiger partial charge is 0.289 e. The third kappa shape index (κ3) is 2.64. The molecule has 0 fully saturated rings. The van der Waals surface area contributed by atoms with E-state index in [0.29, 0.717) is 6.54 Å². The number of benzene rings is 1. The SMILES string of the molecule is O=[N+]([O-])c1ccccc1S(=O)(=O)N1CCn2cccc2C1c1cccs1. The zero-order valence-corrected chi connectivity index (χ0v) is 15.2. The van der Waals surface area contributed by atoms with Crippen LogP contribution in [0, 0.1) is 10.1 Å². The fraction of sp³-hybridized carbons (Fsp3) is 0.176. The van der Waals surface area contributed by atoms with Gasteiger partial charge in [-0.15, -0.1) is 11.3 Å². The van der Waals surface area contributed by atoms with Crippen LogP contribution in [-0.4, -0.2) is 28.8 Å². The van der Waals surface area contributed by atoms with E-state index in [2.05, 4.69) is 0 Å². The van der Waals surface area contributed by atoms with Gasteiger partial charge in [0.25, 0.3) is 15.7 Å². The maximum atomic E-state index is 13.4. The number of thiophene rings is 1. The summed E-state index contributed by atoms with van der Waals surface area (Å²) in [5.41, 5.74) is 0.458. The summed E-state index contributed by atoms with van der Waals surface area (Å²) in [6.07, 6.45) is 1.92. The van der Waals surface area contributed by atoms with Gasteiger partial charge in [-0.05, 0) is 29.6 Å². The first-order chi connectivity index (χ1) is 12.5. The Kier molecular flexibility index (Phi) is 4.14. The van der Waals surface area contributed by atoms with Crippen LogP contribution in [-0.2, 0) is 16.6 Å². The molecule has 2 aromatic heterocycles. The average Bonchev–Trinajstić information content (AvgIpc) is 3.32. The van der Waals surface area contributed by atoms with Gasteiger partial charge < -0.3 is 4.57 Å². The molecule has 0 bridgehead atoms. The van der Waals surface area contributed by atoms with Crippen molar-refractivity contribution in [2.75, 3.05) is 6.54 Å². The van der Waals surface area contributed by atoms with Gasteiger partial charge in [0.05, 0.1) is 11.0 Å². The first-order valence-electron chi connectivity index (χ1n) is 7.94. The molecule has 134 valence electrons. The average molecular weight is 389 g/mol. The molecule has 3 heterocycles. The quantitative estimate of drug-likeness (QED) is 0.506. The van der Waals surface area contributed by atoms with Gasteiger partial charge in [-0.2, -0.15) is 4.31 Å². The molecule has 1 atom stereocenters. The van der Waals surface area contributed by atoms with Crippen LogP contribution in [0.1, 0.15) is 16.6 Å². The normalized spacial score (nSPS) is 17.8. The van der Waals surface area contributed by atoms with E-state index in [1.54, 1.807) is 0 Å². The van der Waals surface area contributed by atoms with Crippen molar-refractivity contribution in [2.24, 2.45) is 0 Å². The highest BCUT2D eigenvalue weighted by molar-refractivity contribution is 7.89. The Balaban J connectivity index is 1.88. The molecule has 0 amide bonds. The molecular weight excluding hydrogens is 374 g/mol. The Bertz CT molecular complexity index is 1060. The van der Waals surface area contributed by atoms with E-state index in [1.807, 2.05) is 40.4 Å². The highest BCUT2D eigenvalue weighted by atomic mass is 32.2. The Morgan fingerprint density at radius 1 is 1.08 bits per heavy atom. The number of aromatic nitrogens is 1. The van der Waals surface area contributed by atoms with Crippen molar-refractivity contribution in [3.8, 4) is 0 Å². The number of hydrogen-bond donors (Lipinski definition) is 0. The molecule has 0 spiro atoms. The van der Waals surface area contributed by atoms with Crippen LogP contribution in [0.2, 0.25) is 0 Å². The van der Waals surface area contributed by atoms with Crippen molar-refractivity contribution in [2.45, 2.75) is 17.5 Å². The summed E-state index contributed by atoms with van der Waals surface area (Å²) in [5.74, 6) is 0. The molecule has 4 rings (SSSR count). The van der Waals surface area contributed by atoms with Gasteiger partial charge in [0.2, 0.25) is 0 Å². The molecule has 0 saturated carbocycles. The molecule has 3 aromatic rings. The summed E-state index contributed by atoms with van der Waals surface area (Å²) in [4.78, 5) is 11.3. The van der Waals surface area contributed by atoms with Crippen LogP contribution in [0.3, 0.4) is 0 Å². The van der Waals surface area contributed by atoms with Crippen LogP contribution in [0.4, 0.5) is 5.69 Å². The second kappa shape index (κ2) is 6.35. The Labute approximate surface area is 154 Å². The largest absolute Gasteiger partial charge is 0.348 e. The number of rotatable bonds is 4. The van der Waals surface area contributed by atoms with E-state index in [1.165, 1.54) is 39.9 Å². The predicted molar refractivity (Wildman–Crippen MR) is 97.6 cm³/mol. The molecule has 7 nitrogen and oxygen atoms in total. The highest BCUT2D eigenvalue weighted by Gasteiger charge is 2.40. The first-order valence-corrected chi connectivity index (χ1v) is 10.3. The lowest BCUT2D eigenvalue weighted by Gasteiger charge is -2.35. The van der Waals surface area contributed by atoms with Crippen molar-refractivity contribution < 1.29 is 13.3 Å². The van der Waals surface area contributed by atoms with Gasteiger partial charge in [-0.25, -0.2) is 8.42 Å². The predicted octanol–water partition coefficient (Wildman–Crippen LogP) is 3.25. The molecule has 1 aliphatic rings. The molecule has 0 saturated heterocycles. The van der Waals surface area contributed by atoms with Crippen LogP contribution >= 0.6 is 11.3 Å². The summed E-state index contributed by atoms with van der Waals surface area (Å²) >= 11 is 1.47. The number of nitro groups is 1. The molecule has 26 heavy (non-hydrogen) atoms. The van der Waals surface area contributed by atoms with E-state index < -0.39 is 26.7 Å². The second-order valence-corrected chi connectivity index (χ2v) is 8.72. The van der Waals surface area contributed by atoms with Crippen molar-refractivity contribution in [1.82, 2.24) is 8.87 Å². The fourth-order valence-corrected chi connectivity index (χ4v) is 5.95. The maximum absolute atomic E-state index is 13.4. The lowest BCUT2D eigenvalue weighted by molar-refractivity contribution is -0.387. The summed E-state index contributed by atoms with van der Waals surface area (Å²) in [6, 6.07) is 12.5. The number of fused-ring (bicyclic) bond motifs is 1. The summed E-state index contributed by atoms with van der Waals surface area (Å²) in [6.45, 7) is 0.753. The molecule has 1 aromatic carbocycles. The zero-order chi connectivity index (χ0) is 18.3. The van der Waals surface area contributed by atoms with E-state index in [9.17, 15) is 18.5 Å². The summed E-state index contributed by atoms with van der Waals surface area (Å²) in [7, 11) is -4.05. The summed E-state index contributed by atoms with van der Waals surface area (Å²) in [5, 5.41) is 13.2. The minimum Gasteiger partial charge on any atom is -0.348 e. The molecule has 0 radical (unpaired) electrons. The van der Waals surface area contributed by atoms with Crippen molar-refractivity contribution >= 4 is 27.0 Å². The number of nitro benzene ring substituents is 1. The maximum Gasteiger partial charge on any atom is 0.289 e. The number of sulfonamides is 1. The van der Waals surface area contributed by atoms with E-state index in [-0.39, 0.29) is 11.4 Å². The fourth-order valence-electron chi connectivity index (χ4n) is 3.31.